The minimum atomic E-state index is -0.631. The van der Waals surface area contributed by atoms with Crippen molar-refractivity contribution in [2.45, 2.75) is 51.1 Å². The van der Waals surface area contributed by atoms with Gasteiger partial charge in [0, 0.05) is 13.0 Å². The third-order valence-electron chi connectivity index (χ3n) is 4.11. The van der Waals surface area contributed by atoms with E-state index in [1.54, 1.807) is 6.92 Å². The van der Waals surface area contributed by atoms with Crippen molar-refractivity contribution in [3.8, 4) is 0 Å². The molecule has 1 aliphatic rings. The van der Waals surface area contributed by atoms with Gasteiger partial charge in [0.2, 0.25) is 17.7 Å². The summed E-state index contributed by atoms with van der Waals surface area (Å²) in [6.07, 6.45) is 3.44. The molecule has 0 bridgehead atoms. The first-order chi connectivity index (χ1) is 11.6. The Balaban J connectivity index is 1.74. The fourth-order valence-corrected chi connectivity index (χ4v) is 2.68. The summed E-state index contributed by atoms with van der Waals surface area (Å²) in [7, 11) is 0. The molecule has 0 radical (unpaired) electrons. The highest BCUT2D eigenvalue weighted by Crippen LogP contribution is 2.09. The summed E-state index contributed by atoms with van der Waals surface area (Å²) in [6, 6.07) is 8.71. The van der Waals surface area contributed by atoms with Crippen LogP contribution in [0.25, 0.3) is 0 Å². The van der Waals surface area contributed by atoms with Crippen LogP contribution < -0.4 is 16.0 Å². The second-order valence-corrected chi connectivity index (χ2v) is 6.12. The molecular formula is C18H25N3O3. The monoisotopic (exact) mass is 331 g/mol. The Morgan fingerprint density at radius 1 is 1.25 bits per heavy atom. The fraction of sp³-hybridized carbons (Fsp3) is 0.500. The smallest absolute Gasteiger partial charge is 0.243 e. The Hall–Kier alpha value is -2.37. The second-order valence-electron chi connectivity index (χ2n) is 6.12. The van der Waals surface area contributed by atoms with Crippen molar-refractivity contribution in [1.82, 2.24) is 16.0 Å². The first-order valence-electron chi connectivity index (χ1n) is 8.47. The lowest BCUT2D eigenvalue weighted by molar-refractivity contribution is -0.131. The van der Waals surface area contributed by atoms with Crippen LogP contribution in [0.4, 0.5) is 0 Å². The number of carbonyl (C=O) groups is 3. The summed E-state index contributed by atoms with van der Waals surface area (Å²) in [5, 5.41) is 8.20. The molecule has 1 heterocycles. The highest BCUT2D eigenvalue weighted by molar-refractivity contribution is 5.92. The van der Waals surface area contributed by atoms with Crippen molar-refractivity contribution < 1.29 is 14.4 Å². The van der Waals surface area contributed by atoms with Gasteiger partial charge in [0.05, 0.1) is 0 Å². The maximum absolute atomic E-state index is 12.2. The molecule has 130 valence electrons. The van der Waals surface area contributed by atoms with Gasteiger partial charge in [-0.05, 0) is 31.7 Å². The van der Waals surface area contributed by atoms with Gasteiger partial charge in [0.15, 0.2) is 0 Å². The van der Waals surface area contributed by atoms with Crippen LogP contribution in [-0.4, -0.2) is 36.3 Å². The normalized spacial score (nSPS) is 18.9. The Kier molecular flexibility index (Phi) is 6.78. The molecule has 0 aromatic heterocycles. The van der Waals surface area contributed by atoms with E-state index in [-0.39, 0.29) is 17.7 Å². The molecule has 2 atom stereocenters. The summed E-state index contributed by atoms with van der Waals surface area (Å²) < 4.78 is 0. The fourth-order valence-electron chi connectivity index (χ4n) is 2.68. The minimum absolute atomic E-state index is 0.104. The minimum Gasteiger partial charge on any atom is -0.354 e. The van der Waals surface area contributed by atoms with E-state index in [4.69, 9.17) is 0 Å². The van der Waals surface area contributed by atoms with Gasteiger partial charge in [-0.15, -0.1) is 0 Å². The van der Waals surface area contributed by atoms with Gasteiger partial charge in [-0.25, -0.2) is 0 Å². The maximum atomic E-state index is 12.2. The molecule has 6 nitrogen and oxygen atoms in total. The SMILES string of the molecule is C[C@H](NC(=O)C1CCCCC(=O)N1)C(=O)NCCc1ccccc1. The van der Waals surface area contributed by atoms with Crippen LogP contribution in [0.3, 0.4) is 0 Å². The third kappa shape index (κ3) is 5.68. The molecule has 1 saturated heterocycles. The number of amides is 3. The molecule has 0 spiro atoms. The van der Waals surface area contributed by atoms with Crippen molar-refractivity contribution >= 4 is 17.7 Å². The summed E-state index contributed by atoms with van der Waals surface area (Å²) in [5.41, 5.74) is 1.15. The number of hydrogen-bond donors (Lipinski definition) is 3. The van der Waals surface area contributed by atoms with E-state index < -0.39 is 12.1 Å². The van der Waals surface area contributed by atoms with Crippen LogP contribution in [-0.2, 0) is 20.8 Å². The van der Waals surface area contributed by atoms with E-state index in [0.717, 1.165) is 24.8 Å². The average Bonchev–Trinajstić information content (AvgIpc) is 2.80. The van der Waals surface area contributed by atoms with Gasteiger partial charge < -0.3 is 16.0 Å². The molecule has 24 heavy (non-hydrogen) atoms. The van der Waals surface area contributed by atoms with Crippen LogP contribution in [0, 0.1) is 0 Å². The lowest BCUT2D eigenvalue weighted by Gasteiger charge is -2.19. The molecular weight excluding hydrogens is 306 g/mol. The van der Waals surface area contributed by atoms with E-state index in [1.807, 2.05) is 30.3 Å². The highest BCUT2D eigenvalue weighted by atomic mass is 16.2. The zero-order valence-electron chi connectivity index (χ0n) is 14.0. The van der Waals surface area contributed by atoms with Crippen LogP contribution in [0.2, 0.25) is 0 Å². The van der Waals surface area contributed by atoms with Crippen molar-refractivity contribution in [1.29, 1.82) is 0 Å². The molecule has 0 saturated carbocycles. The Morgan fingerprint density at radius 2 is 2.00 bits per heavy atom. The highest BCUT2D eigenvalue weighted by Gasteiger charge is 2.25. The summed E-state index contributed by atoms with van der Waals surface area (Å²) in [5.74, 6) is -0.622. The lowest BCUT2D eigenvalue weighted by Crippen LogP contribution is -2.52. The predicted molar refractivity (Wildman–Crippen MR) is 91.2 cm³/mol. The van der Waals surface area contributed by atoms with Gasteiger partial charge in [-0.1, -0.05) is 36.8 Å². The maximum Gasteiger partial charge on any atom is 0.243 e. The van der Waals surface area contributed by atoms with Crippen LogP contribution in [0.1, 0.15) is 38.2 Å². The van der Waals surface area contributed by atoms with Crippen molar-refractivity contribution in [3.63, 3.8) is 0 Å². The van der Waals surface area contributed by atoms with Gasteiger partial charge in [0.1, 0.15) is 12.1 Å². The molecule has 3 N–H and O–H groups in total. The Bertz CT molecular complexity index is 574. The molecule has 1 unspecified atom stereocenters. The molecule has 1 aromatic carbocycles. The first-order valence-corrected chi connectivity index (χ1v) is 8.47. The van der Waals surface area contributed by atoms with Crippen molar-refractivity contribution in [2.24, 2.45) is 0 Å². The van der Waals surface area contributed by atoms with Gasteiger partial charge in [0.25, 0.3) is 0 Å². The average molecular weight is 331 g/mol. The zero-order chi connectivity index (χ0) is 17.4. The largest absolute Gasteiger partial charge is 0.354 e. The van der Waals surface area contributed by atoms with Gasteiger partial charge in [-0.2, -0.15) is 0 Å². The van der Waals surface area contributed by atoms with E-state index in [0.29, 0.717) is 19.4 Å². The molecule has 1 aliphatic heterocycles. The molecule has 1 aromatic rings. The zero-order valence-corrected chi connectivity index (χ0v) is 14.0. The predicted octanol–water partition coefficient (Wildman–Crippen LogP) is 0.909. The Morgan fingerprint density at radius 3 is 2.75 bits per heavy atom. The van der Waals surface area contributed by atoms with Crippen molar-refractivity contribution in [2.75, 3.05) is 6.54 Å². The van der Waals surface area contributed by atoms with Crippen LogP contribution in [0.15, 0.2) is 30.3 Å². The van der Waals surface area contributed by atoms with E-state index >= 15 is 0 Å². The number of hydrogen-bond acceptors (Lipinski definition) is 3. The van der Waals surface area contributed by atoms with Crippen molar-refractivity contribution in [3.05, 3.63) is 35.9 Å². The number of nitrogens with one attached hydrogen (secondary N) is 3. The number of rotatable bonds is 6. The lowest BCUT2D eigenvalue weighted by atomic mass is 10.1. The summed E-state index contributed by atoms with van der Waals surface area (Å²) in [4.78, 5) is 35.8. The van der Waals surface area contributed by atoms with Gasteiger partial charge >= 0.3 is 0 Å². The standard InChI is InChI=1S/C18H25N3O3/c1-13(17(23)19-12-11-14-7-3-2-4-8-14)20-18(24)15-9-5-6-10-16(22)21-15/h2-4,7-8,13,15H,5-6,9-12H2,1H3,(H,19,23)(H,20,24)(H,21,22)/t13-,15?/m0/s1. The van der Waals surface area contributed by atoms with Crippen LogP contribution in [0.5, 0.6) is 0 Å². The molecule has 1 fully saturated rings. The quantitative estimate of drug-likeness (QED) is 0.724. The first kappa shape index (κ1) is 18.0. The molecule has 6 heteroatoms. The summed E-state index contributed by atoms with van der Waals surface area (Å²) in [6.45, 7) is 2.16. The van der Waals surface area contributed by atoms with E-state index in [9.17, 15) is 14.4 Å². The van der Waals surface area contributed by atoms with Crippen LogP contribution >= 0.6 is 0 Å². The van der Waals surface area contributed by atoms with Gasteiger partial charge in [-0.3, -0.25) is 14.4 Å². The molecule has 3 amide bonds. The van der Waals surface area contributed by atoms with E-state index in [1.165, 1.54) is 0 Å². The Labute approximate surface area is 142 Å². The second kappa shape index (κ2) is 9.05. The van der Waals surface area contributed by atoms with E-state index in [2.05, 4.69) is 16.0 Å². The molecule has 0 aliphatic carbocycles. The number of benzene rings is 1. The summed E-state index contributed by atoms with van der Waals surface area (Å²) >= 11 is 0. The molecule has 2 rings (SSSR count). The topological polar surface area (TPSA) is 87.3 Å². The number of carbonyl (C=O) groups excluding carboxylic acids is 3. The third-order valence-corrected chi connectivity index (χ3v) is 4.11.